The number of likely N-dealkylation sites (N-methyl/N-ethyl adjacent to an activating group) is 1. The highest BCUT2D eigenvalue weighted by atomic mass is 79.9. The van der Waals surface area contributed by atoms with Gasteiger partial charge < -0.3 is 24.7 Å². The van der Waals surface area contributed by atoms with Crippen molar-refractivity contribution >= 4 is 27.7 Å². The third-order valence-electron chi connectivity index (χ3n) is 3.82. The van der Waals surface area contributed by atoms with Crippen LogP contribution in [0.3, 0.4) is 0 Å². The smallest absolute Gasteiger partial charge is 0.287 e. The maximum Gasteiger partial charge on any atom is 0.287 e. The summed E-state index contributed by atoms with van der Waals surface area (Å²) in [5.74, 6) is 0.174. The lowest BCUT2D eigenvalue weighted by Crippen LogP contribution is -2.40. The molecule has 0 saturated heterocycles. The lowest BCUT2D eigenvalue weighted by Gasteiger charge is -2.26. The molecular weight excluding hydrogens is 402 g/mol. The van der Waals surface area contributed by atoms with Gasteiger partial charge in [-0.25, -0.2) is 0 Å². The molecule has 0 fully saturated rings. The molecule has 1 heterocycles. The van der Waals surface area contributed by atoms with Crippen LogP contribution in [0.25, 0.3) is 0 Å². The standard InChI is InChI=1S/C18H22BrN3O4/c1-22(2)13(12-6-4-5-7-14(12)25-3)10-20-17(23)11-21-18(24)15-8-9-16(19)26-15/h4-9,13H,10-11H2,1-3H3,(H,20,23)(H,21,24). The molecular formula is C18H22BrN3O4. The van der Waals surface area contributed by atoms with Crippen LogP contribution in [0.1, 0.15) is 22.2 Å². The zero-order valence-electron chi connectivity index (χ0n) is 14.9. The van der Waals surface area contributed by atoms with Crippen LogP contribution in [-0.4, -0.2) is 51.0 Å². The van der Waals surface area contributed by atoms with Crippen molar-refractivity contribution in [1.82, 2.24) is 15.5 Å². The molecule has 26 heavy (non-hydrogen) atoms. The normalized spacial score (nSPS) is 11.9. The van der Waals surface area contributed by atoms with Crippen LogP contribution in [0, 0.1) is 0 Å². The Morgan fingerprint density at radius 3 is 2.54 bits per heavy atom. The molecule has 1 unspecified atom stereocenters. The second-order valence-electron chi connectivity index (χ2n) is 5.81. The Hall–Kier alpha value is -2.32. The van der Waals surface area contributed by atoms with Crippen LogP contribution in [0.5, 0.6) is 5.75 Å². The van der Waals surface area contributed by atoms with Crippen molar-refractivity contribution in [2.24, 2.45) is 0 Å². The molecule has 1 aromatic carbocycles. The first kappa shape index (κ1) is 20.0. The topological polar surface area (TPSA) is 83.8 Å². The number of para-hydroxylation sites is 1. The second kappa shape index (κ2) is 9.40. The van der Waals surface area contributed by atoms with E-state index in [9.17, 15) is 9.59 Å². The van der Waals surface area contributed by atoms with Gasteiger partial charge in [0, 0.05) is 12.1 Å². The van der Waals surface area contributed by atoms with Crippen molar-refractivity contribution in [2.45, 2.75) is 6.04 Å². The Labute approximate surface area is 160 Å². The number of ether oxygens (including phenoxy) is 1. The first-order chi connectivity index (χ1) is 12.4. The molecule has 2 N–H and O–H groups in total. The number of carbonyl (C=O) groups excluding carboxylic acids is 2. The fourth-order valence-electron chi connectivity index (χ4n) is 2.47. The van der Waals surface area contributed by atoms with Gasteiger partial charge in [-0.3, -0.25) is 9.59 Å². The van der Waals surface area contributed by atoms with Gasteiger partial charge in [-0.05, 0) is 48.2 Å². The number of furan rings is 1. The van der Waals surface area contributed by atoms with Gasteiger partial charge in [0.15, 0.2) is 10.4 Å². The number of methoxy groups -OCH3 is 1. The number of nitrogens with one attached hydrogen (secondary N) is 2. The predicted octanol–water partition coefficient (Wildman–Crippen LogP) is 2.20. The minimum absolute atomic E-state index is 0.0631. The van der Waals surface area contributed by atoms with E-state index >= 15 is 0 Å². The van der Waals surface area contributed by atoms with Crippen LogP contribution < -0.4 is 15.4 Å². The fraction of sp³-hybridized carbons (Fsp3) is 0.333. The van der Waals surface area contributed by atoms with Crippen molar-refractivity contribution in [2.75, 3.05) is 34.3 Å². The zero-order chi connectivity index (χ0) is 19.1. The largest absolute Gasteiger partial charge is 0.496 e. The number of amides is 2. The Balaban J connectivity index is 1.90. The molecule has 0 aliphatic heterocycles. The van der Waals surface area contributed by atoms with Crippen LogP contribution in [0.15, 0.2) is 45.5 Å². The molecule has 2 rings (SSSR count). The van der Waals surface area contributed by atoms with Gasteiger partial charge in [0.25, 0.3) is 5.91 Å². The van der Waals surface area contributed by atoms with Crippen LogP contribution in [0.2, 0.25) is 0 Å². The Morgan fingerprint density at radius 2 is 1.92 bits per heavy atom. The van der Waals surface area contributed by atoms with Crippen LogP contribution in [0.4, 0.5) is 0 Å². The number of hydrogen-bond acceptors (Lipinski definition) is 5. The minimum atomic E-state index is -0.445. The highest BCUT2D eigenvalue weighted by Crippen LogP contribution is 2.27. The molecule has 140 valence electrons. The summed E-state index contributed by atoms with van der Waals surface area (Å²) in [6, 6.07) is 10.8. The van der Waals surface area contributed by atoms with E-state index in [-0.39, 0.29) is 24.3 Å². The summed E-state index contributed by atoms with van der Waals surface area (Å²) in [7, 11) is 5.48. The number of hydrogen-bond donors (Lipinski definition) is 2. The molecule has 8 heteroatoms. The monoisotopic (exact) mass is 423 g/mol. The van der Waals surface area contributed by atoms with Gasteiger partial charge in [0.1, 0.15) is 5.75 Å². The van der Waals surface area contributed by atoms with E-state index in [1.54, 1.807) is 13.2 Å². The highest BCUT2D eigenvalue weighted by Gasteiger charge is 2.19. The summed E-state index contributed by atoms with van der Waals surface area (Å²) in [5, 5.41) is 5.36. The van der Waals surface area contributed by atoms with E-state index in [0.717, 1.165) is 11.3 Å². The molecule has 0 bridgehead atoms. The van der Waals surface area contributed by atoms with E-state index in [4.69, 9.17) is 9.15 Å². The minimum Gasteiger partial charge on any atom is -0.496 e. The molecule has 0 radical (unpaired) electrons. The van der Waals surface area contributed by atoms with Gasteiger partial charge in [0.05, 0.1) is 19.7 Å². The van der Waals surface area contributed by atoms with Gasteiger partial charge >= 0.3 is 0 Å². The fourth-order valence-corrected chi connectivity index (χ4v) is 2.78. The lowest BCUT2D eigenvalue weighted by molar-refractivity contribution is -0.120. The van der Waals surface area contributed by atoms with E-state index in [2.05, 4.69) is 26.6 Å². The van der Waals surface area contributed by atoms with Crippen LogP contribution >= 0.6 is 15.9 Å². The molecule has 0 aliphatic carbocycles. The SMILES string of the molecule is COc1ccccc1C(CNC(=O)CNC(=O)c1ccc(Br)o1)N(C)C. The van der Waals surface area contributed by atoms with Crippen molar-refractivity contribution in [1.29, 1.82) is 0 Å². The average Bonchev–Trinajstić information content (AvgIpc) is 3.06. The van der Waals surface area contributed by atoms with Crippen molar-refractivity contribution in [3.05, 3.63) is 52.4 Å². The third-order valence-corrected chi connectivity index (χ3v) is 4.25. The van der Waals surface area contributed by atoms with E-state index in [1.807, 2.05) is 43.3 Å². The van der Waals surface area contributed by atoms with E-state index < -0.39 is 5.91 Å². The summed E-state index contributed by atoms with van der Waals surface area (Å²) < 4.78 is 11.0. The van der Waals surface area contributed by atoms with Crippen molar-refractivity contribution in [3.8, 4) is 5.75 Å². The third kappa shape index (κ3) is 5.34. The van der Waals surface area contributed by atoms with Gasteiger partial charge in [-0.15, -0.1) is 0 Å². The van der Waals surface area contributed by atoms with E-state index in [1.165, 1.54) is 6.07 Å². The number of halogens is 1. The maximum atomic E-state index is 12.1. The maximum absolute atomic E-state index is 12.1. The summed E-state index contributed by atoms with van der Waals surface area (Å²) >= 11 is 3.13. The molecule has 7 nitrogen and oxygen atoms in total. The molecule has 1 atom stereocenters. The quantitative estimate of drug-likeness (QED) is 0.679. The molecule has 1 aromatic heterocycles. The average molecular weight is 424 g/mol. The molecule has 2 amide bonds. The van der Waals surface area contributed by atoms with Gasteiger partial charge in [-0.2, -0.15) is 0 Å². The second-order valence-corrected chi connectivity index (χ2v) is 6.59. The number of benzene rings is 1. The Kier molecular flexibility index (Phi) is 7.23. The number of carbonyl (C=O) groups is 2. The lowest BCUT2D eigenvalue weighted by atomic mass is 10.0. The summed E-state index contributed by atoms with van der Waals surface area (Å²) in [5.41, 5.74) is 0.977. The summed E-state index contributed by atoms with van der Waals surface area (Å²) in [4.78, 5) is 26.0. The Bertz CT molecular complexity index is 760. The zero-order valence-corrected chi connectivity index (χ0v) is 16.5. The molecule has 0 aliphatic rings. The summed E-state index contributed by atoms with van der Waals surface area (Å²) in [6.45, 7) is 0.248. The van der Waals surface area contributed by atoms with Gasteiger partial charge in [0.2, 0.25) is 5.91 Å². The molecule has 0 saturated carbocycles. The highest BCUT2D eigenvalue weighted by molar-refractivity contribution is 9.10. The first-order valence-electron chi connectivity index (χ1n) is 8.02. The number of nitrogens with zero attached hydrogens (tertiary/aromatic N) is 1. The molecule has 0 spiro atoms. The number of rotatable bonds is 8. The van der Waals surface area contributed by atoms with Gasteiger partial charge in [-0.1, -0.05) is 18.2 Å². The Morgan fingerprint density at radius 1 is 1.19 bits per heavy atom. The summed E-state index contributed by atoms with van der Waals surface area (Å²) in [6.07, 6.45) is 0. The predicted molar refractivity (Wildman–Crippen MR) is 101 cm³/mol. The van der Waals surface area contributed by atoms with Crippen molar-refractivity contribution in [3.63, 3.8) is 0 Å². The van der Waals surface area contributed by atoms with E-state index in [0.29, 0.717) is 11.2 Å². The molecule has 2 aromatic rings. The van der Waals surface area contributed by atoms with Crippen molar-refractivity contribution < 1.29 is 18.7 Å². The van der Waals surface area contributed by atoms with Crippen LogP contribution in [-0.2, 0) is 4.79 Å². The first-order valence-corrected chi connectivity index (χ1v) is 8.81.